The van der Waals surface area contributed by atoms with Gasteiger partial charge in [-0.3, -0.25) is 19.6 Å². The summed E-state index contributed by atoms with van der Waals surface area (Å²) in [6, 6.07) is 13.7. The minimum Gasteiger partial charge on any atom is -0.393 e. The summed E-state index contributed by atoms with van der Waals surface area (Å²) in [7, 11) is 4.16. The summed E-state index contributed by atoms with van der Waals surface area (Å²) in [5.41, 5.74) is 1.99. The predicted molar refractivity (Wildman–Crippen MR) is 120 cm³/mol. The highest BCUT2D eigenvalue weighted by Crippen LogP contribution is 2.19. The molecule has 9 heteroatoms. The third-order valence-corrected chi connectivity index (χ3v) is 5.40. The average Bonchev–Trinajstić information content (AvgIpc) is 2.86. The number of hydrogen-bond donors (Lipinski definition) is 4. The molecule has 2 rings (SSSR count). The fraction of sp³-hybridized carbons (Fsp3) is 0.292. The normalized spacial score (nSPS) is 13.0. The average molecular weight is 453 g/mol. The van der Waals surface area contributed by atoms with Crippen LogP contribution in [0.25, 0.3) is 0 Å². The highest BCUT2D eigenvalue weighted by Gasteiger charge is 2.47. The molecule has 3 amide bonds. The van der Waals surface area contributed by atoms with Crippen LogP contribution in [-0.4, -0.2) is 66.3 Å². The lowest BCUT2D eigenvalue weighted by molar-refractivity contribution is -0.148. The Morgan fingerprint density at radius 1 is 1.03 bits per heavy atom. The van der Waals surface area contributed by atoms with E-state index in [1.165, 1.54) is 45.7 Å². The zero-order chi connectivity index (χ0) is 24.6. The van der Waals surface area contributed by atoms with E-state index in [0.717, 1.165) is 16.0 Å². The van der Waals surface area contributed by atoms with Crippen LogP contribution in [0.2, 0.25) is 0 Å². The minimum atomic E-state index is -1.96. The van der Waals surface area contributed by atoms with Gasteiger partial charge in [-0.15, -0.1) is 0 Å². The van der Waals surface area contributed by atoms with Crippen LogP contribution in [0.5, 0.6) is 0 Å². The van der Waals surface area contributed by atoms with Gasteiger partial charge in [0.15, 0.2) is 5.54 Å². The molecule has 2 unspecified atom stereocenters. The Bertz CT molecular complexity index is 1030. The molecule has 0 aliphatic heterocycles. The number of benzene rings is 2. The van der Waals surface area contributed by atoms with E-state index < -0.39 is 23.3 Å². The van der Waals surface area contributed by atoms with Crippen LogP contribution in [0, 0.1) is 11.8 Å². The molecule has 0 aliphatic rings. The molecular formula is C24H27N3O6. The Balaban J connectivity index is 2.19. The molecule has 0 radical (unpaired) electrons. The van der Waals surface area contributed by atoms with Gasteiger partial charge >= 0.3 is 0 Å². The number of nitrogens with zero attached hydrogens (tertiary/aromatic N) is 1. The molecule has 2 aromatic carbocycles. The zero-order valence-electron chi connectivity index (χ0n) is 18.9. The number of ether oxygens (including phenoxy) is 1. The topological polar surface area (TPSA) is 128 Å². The largest absolute Gasteiger partial charge is 0.393 e. The number of aliphatic hydroxyl groups excluding tert-OH is 1. The summed E-state index contributed by atoms with van der Waals surface area (Å²) in [5.74, 6) is 3.64. The van der Waals surface area contributed by atoms with Crippen molar-refractivity contribution in [2.75, 3.05) is 27.8 Å². The first-order valence-electron chi connectivity index (χ1n) is 10.0. The van der Waals surface area contributed by atoms with Crippen LogP contribution in [-0.2, 0) is 14.3 Å². The quantitative estimate of drug-likeness (QED) is 0.213. The van der Waals surface area contributed by atoms with Crippen molar-refractivity contribution < 1.29 is 29.4 Å². The van der Waals surface area contributed by atoms with E-state index in [2.05, 4.69) is 17.2 Å². The molecule has 2 atom stereocenters. The molecule has 0 saturated carbocycles. The minimum absolute atomic E-state index is 0.116. The highest BCUT2D eigenvalue weighted by atomic mass is 16.5. The summed E-state index contributed by atoms with van der Waals surface area (Å²) in [5, 5.41) is 20.6. The van der Waals surface area contributed by atoms with Crippen molar-refractivity contribution in [2.24, 2.45) is 0 Å². The molecule has 0 bridgehead atoms. The van der Waals surface area contributed by atoms with Crippen molar-refractivity contribution in [1.82, 2.24) is 15.7 Å². The van der Waals surface area contributed by atoms with Gasteiger partial charge in [0.25, 0.3) is 17.7 Å². The van der Waals surface area contributed by atoms with E-state index in [0.29, 0.717) is 5.56 Å². The first-order chi connectivity index (χ1) is 15.7. The summed E-state index contributed by atoms with van der Waals surface area (Å²) in [4.78, 5) is 38.2. The van der Waals surface area contributed by atoms with Crippen LogP contribution in [0.15, 0.2) is 48.5 Å². The number of aliphatic hydroxyl groups is 1. The van der Waals surface area contributed by atoms with Gasteiger partial charge in [0.1, 0.15) is 6.10 Å². The molecule has 0 fully saturated rings. The predicted octanol–water partition coefficient (Wildman–Crippen LogP) is 0.848. The van der Waals surface area contributed by atoms with Crippen LogP contribution in [0.1, 0.15) is 40.1 Å². The molecule has 0 spiro atoms. The first-order valence-corrected chi connectivity index (χ1v) is 10.0. The van der Waals surface area contributed by atoms with Crippen molar-refractivity contribution in [3.63, 3.8) is 0 Å². The first kappa shape index (κ1) is 25.5. The number of carbonyl (C=O) groups excluding carboxylic acids is 3. The molecule has 33 heavy (non-hydrogen) atoms. The Morgan fingerprint density at radius 2 is 1.55 bits per heavy atom. The third kappa shape index (κ3) is 5.56. The zero-order valence-corrected chi connectivity index (χ0v) is 18.9. The second kappa shape index (κ2) is 11.2. The van der Waals surface area contributed by atoms with Crippen molar-refractivity contribution >= 4 is 17.7 Å². The number of rotatable bonds is 7. The Hall–Kier alpha value is -3.71. The highest BCUT2D eigenvalue weighted by molar-refractivity contribution is 6.12. The molecule has 0 saturated heterocycles. The Kier molecular flexibility index (Phi) is 8.70. The number of nitrogens with one attached hydrogen (secondary N) is 2. The number of amides is 3. The standard InChI is InChI=1S/C24H27N3O6/c1-24(22(30)25-2,23(31)26-32)27(3)21(29)19-13-9-17(10-14-19)6-5-16-7-11-18(12-8-16)20(15-28)33-4/h7-14,20,28,32H,15H2,1-4H3,(H,25,30)(H,26,31). The van der Waals surface area contributed by atoms with E-state index in [9.17, 15) is 19.5 Å². The van der Waals surface area contributed by atoms with Crippen molar-refractivity contribution in [3.05, 3.63) is 70.8 Å². The third-order valence-electron chi connectivity index (χ3n) is 5.40. The van der Waals surface area contributed by atoms with Gasteiger partial charge in [-0.2, -0.15) is 0 Å². The molecule has 2 aromatic rings. The molecule has 174 valence electrons. The second-order valence-electron chi connectivity index (χ2n) is 7.31. The van der Waals surface area contributed by atoms with Crippen LogP contribution < -0.4 is 10.8 Å². The summed E-state index contributed by atoms with van der Waals surface area (Å²) in [6.45, 7) is 1.12. The van der Waals surface area contributed by atoms with Crippen molar-refractivity contribution in [2.45, 2.75) is 18.6 Å². The maximum absolute atomic E-state index is 12.9. The van der Waals surface area contributed by atoms with Crippen molar-refractivity contribution in [3.8, 4) is 11.8 Å². The molecule has 0 aromatic heterocycles. The lowest BCUT2D eigenvalue weighted by Crippen LogP contribution is -2.64. The van der Waals surface area contributed by atoms with Gasteiger partial charge < -0.3 is 20.1 Å². The lowest BCUT2D eigenvalue weighted by Gasteiger charge is -2.34. The van der Waals surface area contributed by atoms with E-state index >= 15 is 0 Å². The van der Waals surface area contributed by atoms with E-state index in [4.69, 9.17) is 9.94 Å². The number of hydroxylamine groups is 1. The smallest absolute Gasteiger partial charge is 0.278 e. The van der Waals surface area contributed by atoms with Crippen LogP contribution in [0.4, 0.5) is 0 Å². The molecule has 0 aliphatic carbocycles. The summed E-state index contributed by atoms with van der Waals surface area (Å²) in [6.07, 6.45) is -0.385. The number of hydrogen-bond acceptors (Lipinski definition) is 6. The fourth-order valence-corrected chi connectivity index (χ4v) is 3.09. The van der Waals surface area contributed by atoms with Crippen LogP contribution >= 0.6 is 0 Å². The van der Waals surface area contributed by atoms with E-state index in [1.807, 2.05) is 24.3 Å². The Morgan fingerprint density at radius 3 is 1.97 bits per heavy atom. The van der Waals surface area contributed by atoms with E-state index in [-0.39, 0.29) is 18.3 Å². The van der Waals surface area contributed by atoms with E-state index in [1.54, 1.807) is 12.1 Å². The maximum Gasteiger partial charge on any atom is 0.278 e. The SMILES string of the molecule is CNC(=O)C(C)(C(=O)NO)N(C)C(=O)c1ccc(C#Cc2ccc(C(CO)OC)cc2)cc1. The molecule has 9 nitrogen and oxygen atoms in total. The monoisotopic (exact) mass is 453 g/mol. The van der Waals surface area contributed by atoms with Gasteiger partial charge in [-0.05, 0) is 48.9 Å². The van der Waals surface area contributed by atoms with Crippen LogP contribution in [0.3, 0.4) is 0 Å². The fourth-order valence-electron chi connectivity index (χ4n) is 3.09. The summed E-state index contributed by atoms with van der Waals surface area (Å²) < 4.78 is 5.19. The molecular weight excluding hydrogens is 426 g/mol. The van der Waals surface area contributed by atoms with Gasteiger partial charge in [-0.25, -0.2) is 5.48 Å². The molecule has 0 heterocycles. The second-order valence-corrected chi connectivity index (χ2v) is 7.31. The van der Waals surface area contributed by atoms with Gasteiger partial charge in [0.2, 0.25) is 0 Å². The number of carbonyl (C=O) groups is 3. The number of likely N-dealkylation sites (N-methyl/N-ethyl adjacent to an activating group) is 2. The van der Waals surface area contributed by atoms with Gasteiger partial charge in [-0.1, -0.05) is 24.0 Å². The van der Waals surface area contributed by atoms with Gasteiger partial charge in [0.05, 0.1) is 6.61 Å². The molecule has 4 N–H and O–H groups in total. The lowest BCUT2D eigenvalue weighted by atomic mass is 9.96. The Labute approximate surface area is 192 Å². The van der Waals surface area contributed by atoms with Gasteiger partial charge in [0, 0.05) is 37.9 Å². The maximum atomic E-state index is 12.9. The van der Waals surface area contributed by atoms with Crippen molar-refractivity contribution in [1.29, 1.82) is 0 Å². The number of methoxy groups -OCH3 is 1. The summed E-state index contributed by atoms with van der Waals surface area (Å²) >= 11 is 0.